The highest BCUT2D eigenvalue weighted by Gasteiger charge is 2.11. The van der Waals surface area contributed by atoms with E-state index in [2.05, 4.69) is 9.97 Å². The molecule has 0 spiro atoms. The fourth-order valence-electron chi connectivity index (χ4n) is 1.77. The molecule has 0 unspecified atom stereocenters. The third-order valence-electron chi connectivity index (χ3n) is 2.53. The number of rotatable bonds is 3. The number of ether oxygens (including phenoxy) is 1. The van der Waals surface area contributed by atoms with Gasteiger partial charge in [-0.1, -0.05) is 19.1 Å². The zero-order valence-corrected chi connectivity index (χ0v) is 9.33. The Kier molecular flexibility index (Phi) is 2.81. The zero-order chi connectivity index (χ0) is 11.5. The molecule has 1 aromatic carbocycles. The monoisotopic (exact) mass is 218 g/mol. The van der Waals surface area contributed by atoms with Crippen molar-refractivity contribution in [2.24, 2.45) is 0 Å². The second kappa shape index (κ2) is 4.26. The maximum absolute atomic E-state index is 11.3. The summed E-state index contributed by atoms with van der Waals surface area (Å²) in [5.74, 6) is 0.757. The van der Waals surface area contributed by atoms with Gasteiger partial charge in [0.15, 0.2) is 0 Å². The van der Waals surface area contributed by atoms with Crippen molar-refractivity contribution in [1.29, 1.82) is 0 Å². The van der Waals surface area contributed by atoms with Crippen LogP contribution in [0, 0.1) is 0 Å². The Morgan fingerprint density at radius 2 is 2.00 bits per heavy atom. The normalized spacial score (nSPS) is 10.4. The Morgan fingerprint density at radius 1 is 1.25 bits per heavy atom. The highest BCUT2D eigenvalue weighted by molar-refractivity contribution is 5.68. The molecule has 1 aromatic heterocycles. The van der Waals surface area contributed by atoms with Crippen molar-refractivity contribution in [2.45, 2.75) is 13.3 Å². The second-order valence-corrected chi connectivity index (χ2v) is 3.49. The van der Waals surface area contributed by atoms with Gasteiger partial charge >= 0.3 is 5.69 Å². The van der Waals surface area contributed by atoms with Gasteiger partial charge in [0.05, 0.1) is 12.8 Å². The third-order valence-corrected chi connectivity index (χ3v) is 2.53. The van der Waals surface area contributed by atoms with Gasteiger partial charge in [0.1, 0.15) is 5.75 Å². The van der Waals surface area contributed by atoms with Gasteiger partial charge in [0, 0.05) is 11.3 Å². The fourth-order valence-corrected chi connectivity index (χ4v) is 1.77. The minimum atomic E-state index is -0.183. The smallest absolute Gasteiger partial charge is 0.323 e. The van der Waals surface area contributed by atoms with E-state index in [-0.39, 0.29) is 5.69 Å². The number of aromatic nitrogens is 2. The topological polar surface area (TPSA) is 57.9 Å². The Balaban J connectivity index is 2.61. The lowest BCUT2D eigenvalue weighted by Crippen LogP contribution is -2.00. The summed E-state index contributed by atoms with van der Waals surface area (Å²) < 4.78 is 5.27. The lowest BCUT2D eigenvalue weighted by Gasteiger charge is -2.07. The van der Waals surface area contributed by atoms with E-state index in [9.17, 15) is 4.79 Å². The van der Waals surface area contributed by atoms with Crippen LogP contribution in [0.15, 0.2) is 29.1 Å². The standard InChI is InChI=1S/C12H14N2O2/c1-3-9-11(14-12(15)13-9)8-6-4-5-7-10(8)16-2/h4-7H,3H2,1-2H3,(H2,13,14,15). The number of benzene rings is 1. The summed E-state index contributed by atoms with van der Waals surface area (Å²) in [4.78, 5) is 16.9. The number of H-pyrrole nitrogens is 2. The van der Waals surface area contributed by atoms with Crippen LogP contribution in [0.5, 0.6) is 5.75 Å². The first-order chi connectivity index (χ1) is 7.76. The van der Waals surface area contributed by atoms with E-state index in [1.165, 1.54) is 0 Å². The fraction of sp³-hybridized carbons (Fsp3) is 0.250. The number of aryl methyl sites for hydroxylation is 1. The lowest BCUT2D eigenvalue weighted by atomic mass is 10.1. The van der Waals surface area contributed by atoms with E-state index in [0.717, 1.165) is 29.1 Å². The van der Waals surface area contributed by atoms with Crippen LogP contribution in [0.2, 0.25) is 0 Å². The first-order valence-electron chi connectivity index (χ1n) is 5.20. The van der Waals surface area contributed by atoms with Gasteiger partial charge in [-0.15, -0.1) is 0 Å². The summed E-state index contributed by atoms with van der Waals surface area (Å²) in [7, 11) is 1.62. The van der Waals surface area contributed by atoms with Crippen molar-refractivity contribution in [3.8, 4) is 17.0 Å². The van der Waals surface area contributed by atoms with Crippen LogP contribution in [0.4, 0.5) is 0 Å². The lowest BCUT2D eigenvalue weighted by molar-refractivity contribution is 0.416. The van der Waals surface area contributed by atoms with E-state index in [0.29, 0.717) is 0 Å². The van der Waals surface area contributed by atoms with Crippen molar-refractivity contribution in [1.82, 2.24) is 9.97 Å². The Bertz CT molecular complexity index is 540. The Labute approximate surface area is 93.3 Å². The van der Waals surface area contributed by atoms with Crippen LogP contribution in [0.1, 0.15) is 12.6 Å². The van der Waals surface area contributed by atoms with Crippen molar-refractivity contribution >= 4 is 0 Å². The summed E-state index contributed by atoms with van der Waals surface area (Å²) in [5, 5.41) is 0. The second-order valence-electron chi connectivity index (χ2n) is 3.49. The van der Waals surface area contributed by atoms with Gasteiger partial charge in [-0.05, 0) is 18.6 Å². The molecular formula is C12H14N2O2. The number of para-hydroxylation sites is 1. The molecule has 0 atom stereocenters. The summed E-state index contributed by atoms with van der Waals surface area (Å²) in [6.07, 6.45) is 0.770. The SMILES string of the molecule is CCc1[nH]c(=O)[nH]c1-c1ccccc1OC. The quantitative estimate of drug-likeness (QED) is 0.827. The molecule has 1 heterocycles. The predicted molar refractivity (Wildman–Crippen MR) is 62.8 cm³/mol. The van der Waals surface area contributed by atoms with Crippen LogP contribution < -0.4 is 10.4 Å². The van der Waals surface area contributed by atoms with Crippen molar-refractivity contribution in [3.63, 3.8) is 0 Å². The number of nitrogens with one attached hydrogen (secondary N) is 2. The van der Waals surface area contributed by atoms with Crippen molar-refractivity contribution < 1.29 is 4.74 Å². The third kappa shape index (κ3) is 1.74. The van der Waals surface area contributed by atoms with Gasteiger partial charge in [0.2, 0.25) is 0 Å². The zero-order valence-electron chi connectivity index (χ0n) is 9.33. The van der Waals surface area contributed by atoms with Crippen molar-refractivity contribution in [2.75, 3.05) is 7.11 Å². The maximum Gasteiger partial charge on any atom is 0.323 e. The number of imidazole rings is 1. The number of aromatic amines is 2. The molecule has 2 aromatic rings. The first kappa shape index (κ1) is 10.5. The van der Waals surface area contributed by atoms with Gasteiger partial charge in [-0.2, -0.15) is 0 Å². The molecule has 0 amide bonds. The van der Waals surface area contributed by atoms with Gasteiger partial charge < -0.3 is 14.7 Å². The average Bonchev–Trinajstić information content (AvgIpc) is 2.70. The molecule has 0 aliphatic rings. The molecule has 0 saturated carbocycles. The number of hydrogen-bond donors (Lipinski definition) is 2. The maximum atomic E-state index is 11.3. The molecule has 84 valence electrons. The summed E-state index contributed by atoms with van der Waals surface area (Å²) in [6, 6.07) is 7.62. The Hall–Kier alpha value is -1.97. The van der Waals surface area contributed by atoms with E-state index < -0.39 is 0 Å². The number of hydrogen-bond acceptors (Lipinski definition) is 2. The molecule has 2 N–H and O–H groups in total. The summed E-state index contributed by atoms with van der Waals surface area (Å²) in [5.41, 5.74) is 2.43. The van der Waals surface area contributed by atoms with Gasteiger partial charge in [-0.3, -0.25) is 0 Å². The predicted octanol–water partition coefficient (Wildman–Crippen LogP) is 1.94. The highest BCUT2D eigenvalue weighted by Crippen LogP contribution is 2.29. The van der Waals surface area contributed by atoms with E-state index in [4.69, 9.17) is 4.74 Å². The summed E-state index contributed by atoms with van der Waals surface area (Å²) in [6.45, 7) is 2.00. The number of methoxy groups -OCH3 is 1. The van der Waals surface area contributed by atoms with Crippen molar-refractivity contribution in [3.05, 3.63) is 40.4 Å². The first-order valence-corrected chi connectivity index (χ1v) is 5.20. The molecule has 16 heavy (non-hydrogen) atoms. The molecule has 0 fully saturated rings. The van der Waals surface area contributed by atoms with Crippen LogP contribution >= 0.6 is 0 Å². The van der Waals surface area contributed by atoms with Crippen LogP contribution in [0.3, 0.4) is 0 Å². The molecule has 0 aliphatic carbocycles. The Morgan fingerprint density at radius 3 is 2.69 bits per heavy atom. The molecular weight excluding hydrogens is 204 g/mol. The summed E-state index contributed by atoms with van der Waals surface area (Å²) >= 11 is 0. The molecule has 0 radical (unpaired) electrons. The minimum absolute atomic E-state index is 0.183. The molecule has 4 nitrogen and oxygen atoms in total. The van der Waals surface area contributed by atoms with E-state index >= 15 is 0 Å². The molecule has 2 rings (SSSR count). The molecule has 0 aliphatic heterocycles. The largest absolute Gasteiger partial charge is 0.496 e. The highest BCUT2D eigenvalue weighted by atomic mass is 16.5. The van der Waals surface area contributed by atoms with Gasteiger partial charge in [0.25, 0.3) is 0 Å². The minimum Gasteiger partial charge on any atom is -0.496 e. The average molecular weight is 218 g/mol. The molecule has 4 heteroatoms. The van der Waals surface area contributed by atoms with Gasteiger partial charge in [-0.25, -0.2) is 4.79 Å². The van der Waals surface area contributed by atoms with Crippen LogP contribution in [-0.4, -0.2) is 17.1 Å². The van der Waals surface area contributed by atoms with Crippen LogP contribution in [-0.2, 0) is 6.42 Å². The van der Waals surface area contributed by atoms with E-state index in [1.54, 1.807) is 7.11 Å². The van der Waals surface area contributed by atoms with E-state index in [1.807, 2.05) is 31.2 Å². The molecule has 0 saturated heterocycles. The van der Waals surface area contributed by atoms with Crippen LogP contribution in [0.25, 0.3) is 11.3 Å². The molecule has 0 bridgehead atoms.